The normalized spacial score (nSPS) is 11.1. The Labute approximate surface area is 94.4 Å². The van der Waals surface area contributed by atoms with Crippen molar-refractivity contribution in [3.05, 3.63) is 35.0 Å². The third-order valence-corrected chi connectivity index (χ3v) is 2.89. The molecule has 0 bridgehead atoms. The third kappa shape index (κ3) is 1.75. The number of halogens is 1. The maximum absolute atomic E-state index is 6.20. The molecule has 1 heterocycles. The van der Waals surface area contributed by atoms with Gasteiger partial charge in [0.05, 0.1) is 11.6 Å². The van der Waals surface area contributed by atoms with Crippen LogP contribution in [0.5, 0.6) is 0 Å². The maximum atomic E-state index is 6.20. The van der Waals surface area contributed by atoms with Crippen molar-refractivity contribution in [2.75, 3.05) is 7.11 Å². The second kappa shape index (κ2) is 4.25. The highest BCUT2D eigenvalue weighted by molar-refractivity contribution is 6.35. The molecule has 0 atom stereocenters. The molecule has 0 aliphatic heterocycles. The van der Waals surface area contributed by atoms with Crippen LogP contribution in [0.3, 0.4) is 0 Å². The Hall–Kier alpha value is -0.990. The number of aromatic nitrogens is 1. The van der Waals surface area contributed by atoms with E-state index in [4.69, 9.17) is 16.3 Å². The van der Waals surface area contributed by atoms with Crippen LogP contribution < -0.4 is 0 Å². The standard InChI is InChI=1S/C12H14ClNO/c1-3-14-7-9(8-15-2)12-10(13)5-4-6-11(12)14/h4-7H,3,8H2,1-2H3. The maximum Gasteiger partial charge on any atom is 0.0734 e. The second-order valence-corrected chi connectivity index (χ2v) is 3.91. The van der Waals surface area contributed by atoms with E-state index in [0.29, 0.717) is 6.61 Å². The van der Waals surface area contributed by atoms with E-state index in [9.17, 15) is 0 Å². The molecule has 0 aliphatic rings. The Morgan fingerprint density at radius 2 is 2.20 bits per heavy atom. The lowest BCUT2D eigenvalue weighted by Crippen LogP contribution is -1.90. The number of fused-ring (bicyclic) bond motifs is 1. The van der Waals surface area contributed by atoms with Gasteiger partial charge in [-0.1, -0.05) is 17.7 Å². The molecular weight excluding hydrogens is 210 g/mol. The highest BCUT2D eigenvalue weighted by atomic mass is 35.5. The van der Waals surface area contributed by atoms with E-state index in [1.165, 1.54) is 5.52 Å². The van der Waals surface area contributed by atoms with Crippen LogP contribution in [0.4, 0.5) is 0 Å². The SMILES string of the molecule is CCn1cc(COC)c2c(Cl)cccc21. The van der Waals surface area contributed by atoms with Crippen molar-refractivity contribution in [1.29, 1.82) is 0 Å². The topological polar surface area (TPSA) is 14.2 Å². The van der Waals surface area contributed by atoms with Crippen LogP contribution in [0.2, 0.25) is 5.02 Å². The summed E-state index contributed by atoms with van der Waals surface area (Å²) in [4.78, 5) is 0. The van der Waals surface area contributed by atoms with Gasteiger partial charge in [0.15, 0.2) is 0 Å². The van der Waals surface area contributed by atoms with E-state index in [0.717, 1.165) is 22.5 Å². The minimum Gasteiger partial charge on any atom is -0.380 e. The van der Waals surface area contributed by atoms with Crippen LogP contribution in [0.25, 0.3) is 10.9 Å². The first-order valence-electron chi connectivity index (χ1n) is 5.03. The molecule has 2 nitrogen and oxygen atoms in total. The highest BCUT2D eigenvalue weighted by Gasteiger charge is 2.09. The minimum atomic E-state index is 0.604. The number of ether oxygens (including phenoxy) is 1. The number of benzene rings is 1. The molecule has 1 aromatic heterocycles. The highest BCUT2D eigenvalue weighted by Crippen LogP contribution is 2.29. The Morgan fingerprint density at radius 3 is 2.87 bits per heavy atom. The van der Waals surface area contributed by atoms with Gasteiger partial charge >= 0.3 is 0 Å². The van der Waals surface area contributed by atoms with Gasteiger partial charge in [-0.2, -0.15) is 0 Å². The van der Waals surface area contributed by atoms with Gasteiger partial charge in [-0.25, -0.2) is 0 Å². The van der Waals surface area contributed by atoms with Crippen LogP contribution in [0, 0.1) is 0 Å². The minimum absolute atomic E-state index is 0.604. The van der Waals surface area contributed by atoms with E-state index in [-0.39, 0.29) is 0 Å². The summed E-state index contributed by atoms with van der Waals surface area (Å²) in [6, 6.07) is 5.99. The molecule has 0 unspecified atom stereocenters. The van der Waals surface area contributed by atoms with Gasteiger partial charge in [-0.05, 0) is 19.1 Å². The molecule has 0 radical (unpaired) electrons. The van der Waals surface area contributed by atoms with Gasteiger partial charge in [0.2, 0.25) is 0 Å². The zero-order valence-corrected chi connectivity index (χ0v) is 9.71. The average molecular weight is 224 g/mol. The van der Waals surface area contributed by atoms with Crippen LogP contribution in [-0.4, -0.2) is 11.7 Å². The van der Waals surface area contributed by atoms with Crippen molar-refractivity contribution >= 4 is 22.5 Å². The summed E-state index contributed by atoms with van der Waals surface area (Å²) in [7, 11) is 1.70. The smallest absolute Gasteiger partial charge is 0.0734 e. The molecule has 0 saturated heterocycles. The first kappa shape index (κ1) is 10.5. The fourth-order valence-corrected chi connectivity index (χ4v) is 2.21. The fourth-order valence-electron chi connectivity index (χ4n) is 1.92. The molecule has 1 aromatic carbocycles. The average Bonchev–Trinajstić information content (AvgIpc) is 2.59. The summed E-state index contributed by atoms with van der Waals surface area (Å²) in [5, 5.41) is 1.91. The zero-order chi connectivity index (χ0) is 10.8. The van der Waals surface area contributed by atoms with E-state index < -0.39 is 0 Å². The van der Waals surface area contributed by atoms with E-state index >= 15 is 0 Å². The van der Waals surface area contributed by atoms with Crippen molar-refractivity contribution in [3.63, 3.8) is 0 Å². The molecule has 2 aromatic rings. The molecule has 0 fully saturated rings. The van der Waals surface area contributed by atoms with Crippen molar-refractivity contribution < 1.29 is 4.74 Å². The molecule has 0 N–H and O–H groups in total. The Kier molecular flexibility index (Phi) is 2.98. The Morgan fingerprint density at radius 1 is 1.40 bits per heavy atom. The predicted molar refractivity (Wildman–Crippen MR) is 63.3 cm³/mol. The summed E-state index contributed by atoms with van der Waals surface area (Å²) >= 11 is 6.20. The van der Waals surface area contributed by atoms with Gasteiger partial charge in [-0.15, -0.1) is 0 Å². The van der Waals surface area contributed by atoms with Gasteiger partial charge in [0.25, 0.3) is 0 Å². The molecule has 2 rings (SSSR count). The zero-order valence-electron chi connectivity index (χ0n) is 8.96. The van der Waals surface area contributed by atoms with E-state index in [2.05, 4.69) is 23.8 Å². The monoisotopic (exact) mass is 223 g/mol. The largest absolute Gasteiger partial charge is 0.380 e. The summed E-state index contributed by atoms with van der Waals surface area (Å²) < 4.78 is 7.37. The second-order valence-electron chi connectivity index (χ2n) is 3.51. The van der Waals surface area contributed by atoms with Crippen molar-refractivity contribution in [2.45, 2.75) is 20.1 Å². The number of hydrogen-bond acceptors (Lipinski definition) is 1. The summed E-state index contributed by atoms with van der Waals surface area (Å²) in [5.41, 5.74) is 2.33. The van der Waals surface area contributed by atoms with Crippen molar-refractivity contribution in [1.82, 2.24) is 4.57 Å². The lowest BCUT2D eigenvalue weighted by atomic mass is 10.2. The van der Waals surface area contributed by atoms with Gasteiger partial charge < -0.3 is 9.30 Å². The van der Waals surface area contributed by atoms with E-state index in [1.54, 1.807) is 7.11 Å². The fraction of sp³-hybridized carbons (Fsp3) is 0.333. The number of hydrogen-bond donors (Lipinski definition) is 0. The van der Waals surface area contributed by atoms with Gasteiger partial charge in [0.1, 0.15) is 0 Å². The van der Waals surface area contributed by atoms with Crippen LogP contribution in [0.15, 0.2) is 24.4 Å². The van der Waals surface area contributed by atoms with Crippen LogP contribution in [0.1, 0.15) is 12.5 Å². The molecule has 3 heteroatoms. The third-order valence-electron chi connectivity index (χ3n) is 2.57. The lowest BCUT2D eigenvalue weighted by Gasteiger charge is -2.00. The van der Waals surface area contributed by atoms with Crippen molar-refractivity contribution in [3.8, 4) is 0 Å². The number of rotatable bonds is 3. The summed E-state index contributed by atoms with van der Waals surface area (Å²) in [5.74, 6) is 0. The molecule has 80 valence electrons. The van der Waals surface area contributed by atoms with Gasteiger partial charge in [0, 0.05) is 36.3 Å². The Balaban J connectivity index is 2.70. The number of nitrogens with zero attached hydrogens (tertiary/aromatic N) is 1. The molecule has 0 spiro atoms. The molecule has 0 aliphatic carbocycles. The molecule has 0 amide bonds. The lowest BCUT2D eigenvalue weighted by molar-refractivity contribution is 0.186. The Bertz CT molecular complexity index is 476. The quantitative estimate of drug-likeness (QED) is 0.777. The van der Waals surface area contributed by atoms with Crippen LogP contribution >= 0.6 is 11.6 Å². The predicted octanol–water partition coefficient (Wildman–Crippen LogP) is 3.46. The van der Waals surface area contributed by atoms with Crippen LogP contribution in [-0.2, 0) is 17.9 Å². The summed E-state index contributed by atoms with van der Waals surface area (Å²) in [6.07, 6.45) is 2.11. The molecule has 15 heavy (non-hydrogen) atoms. The van der Waals surface area contributed by atoms with Crippen molar-refractivity contribution in [2.24, 2.45) is 0 Å². The summed E-state index contributed by atoms with van der Waals surface area (Å²) in [6.45, 7) is 3.67. The first-order valence-corrected chi connectivity index (χ1v) is 5.41. The number of methoxy groups -OCH3 is 1. The first-order chi connectivity index (χ1) is 7.27. The molecular formula is C12H14ClNO. The molecule has 0 saturated carbocycles. The van der Waals surface area contributed by atoms with E-state index in [1.807, 2.05) is 12.1 Å². The number of aryl methyl sites for hydroxylation is 1. The van der Waals surface area contributed by atoms with Gasteiger partial charge in [-0.3, -0.25) is 0 Å².